The van der Waals surface area contributed by atoms with Crippen molar-refractivity contribution in [2.24, 2.45) is 12.2 Å². The number of rotatable bonds is 3. The Morgan fingerprint density at radius 2 is 2.20 bits per heavy atom. The molecule has 15 heavy (non-hydrogen) atoms. The Kier molecular flexibility index (Phi) is 3.15. The Morgan fingerprint density at radius 1 is 1.60 bits per heavy atom. The Bertz CT molecular complexity index is 475. The number of aromatic nitrogens is 1. The molecule has 0 spiro atoms. The Balaban J connectivity index is 3.02. The number of likely N-dealkylation sites (N-methyl/N-ethyl adjacent to an activating group) is 1. The number of carbonyl (C=O) groups is 1. The molecule has 0 atom stereocenters. The summed E-state index contributed by atoms with van der Waals surface area (Å²) in [5.41, 5.74) is 0.596. The zero-order valence-electron chi connectivity index (χ0n) is 8.52. The van der Waals surface area contributed by atoms with Crippen molar-refractivity contribution < 1.29 is 13.2 Å². The monoisotopic (exact) mass is 231 g/mol. The molecule has 0 radical (unpaired) electrons. The van der Waals surface area contributed by atoms with Crippen molar-refractivity contribution in [3.05, 3.63) is 18.0 Å². The van der Waals surface area contributed by atoms with Gasteiger partial charge in [-0.05, 0) is 6.07 Å². The van der Waals surface area contributed by atoms with Crippen LogP contribution in [0.1, 0.15) is 5.69 Å². The van der Waals surface area contributed by atoms with E-state index < -0.39 is 10.0 Å². The summed E-state index contributed by atoms with van der Waals surface area (Å²) >= 11 is 0. The Morgan fingerprint density at radius 3 is 2.60 bits per heavy atom. The molecule has 0 unspecified atom stereocenters. The molecule has 0 aliphatic rings. The van der Waals surface area contributed by atoms with Gasteiger partial charge in [-0.15, -0.1) is 0 Å². The van der Waals surface area contributed by atoms with Gasteiger partial charge in [0.25, 0.3) is 0 Å². The first-order valence-electron chi connectivity index (χ1n) is 4.23. The fourth-order valence-electron chi connectivity index (χ4n) is 1.16. The van der Waals surface area contributed by atoms with Gasteiger partial charge < -0.3 is 9.88 Å². The van der Waals surface area contributed by atoms with Gasteiger partial charge in [0.15, 0.2) is 0 Å². The lowest BCUT2D eigenvalue weighted by atomic mass is 10.3. The van der Waals surface area contributed by atoms with Gasteiger partial charge in [-0.1, -0.05) is 0 Å². The molecule has 0 aliphatic carbocycles. The van der Waals surface area contributed by atoms with Crippen molar-refractivity contribution in [2.45, 2.75) is 11.3 Å². The van der Waals surface area contributed by atoms with Crippen LogP contribution in [-0.4, -0.2) is 25.9 Å². The van der Waals surface area contributed by atoms with Gasteiger partial charge in [0.2, 0.25) is 15.9 Å². The normalized spacial score (nSPS) is 11.4. The third-order valence-electron chi connectivity index (χ3n) is 2.03. The van der Waals surface area contributed by atoms with Crippen molar-refractivity contribution in [1.29, 1.82) is 0 Å². The first-order valence-corrected chi connectivity index (χ1v) is 5.78. The van der Waals surface area contributed by atoms with Gasteiger partial charge in [-0.3, -0.25) is 4.79 Å². The van der Waals surface area contributed by atoms with Gasteiger partial charge in [-0.2, -0.15) is 0 Å². The van der Waals surface area contributed by atoms with Crippen LogP contribution < -0.4 is 10.5 Å². The highest BCUT2D eigenvalue weighted by Crippen LogP contribution is 2.12. The van der Waals surface area contributed by atoms with Crippen LogP contribution in [0.4, 0.5) is 0 Å². The number of aryl methyl sites for hydroxylation is 1. The summed E-state index contributed by atoms with van der Waals surface area (Å²) in [5.74, 6) is -0.183. The molecule has 0 saturated heterocycles. The highest BCUT2D eigenvalue weighted by Gasteiger charge is 2.14. The maximum absolute atomic E-state index is 11.1. The van der Waals surface area contributed by atoms with E-state index in [4.69, 9.17) is 5.14 Å². The predicted molar refractivity (Wildman–Crippen MR) is 54.6 cm³/mol. The van der Waals surface area contributed by atoms with E-state index in [1.54, 1.807) is 11.6 Å². The molecule has 0 aliphatic heterocycles. The summed E-state index contributed by atoms with van der Waals surface area (Å²) in [5, 5.41) is 7.42. The number of amides is 1. The van der Waals surface area contributed by atoms with Crippen molar-refractivity contribution >= 4 is 15.9 Å². The highest BCUT2D eigenvalue weighted by molar-refractivity contribution is 7.89. The molecule has 1 amide bonds. The van der Waals surface area contributed by atoms with Crippen LogP contribution in [0.15, 0.2) is 17.2 Å². The number of nitrogens with one attached hydrogen (secondary N) is 1. The maximum Gasteiger partial charge on any atom is 0.239 e. The summed E-state index contributed by atoms with van der Waals surface area (Å²) in [6, 6.07) is 1.39. The van der Waals surface area contributed by atoms with E-state index in [0.29, 0.717) is 5.69 Å². The predicted octanol–water partition coefficient (Wildman–Crippen LogP) is -1.04. The summed E-state index contributed by atoms with van der Waals surface area (Å²) < 4.78 is 23.6. The van der Waals surface area contributed by atoms with Gasteiger partial charge in [0, 0.05) is 26.0 Å². The minimum Gasteiger partial charge on any atom is -0.359 e. The largest absolute Gasteiger partial charge is 0.359 e. The van der Waals surface area contributed by atoms with Crippen LogP contribution in [0.3, 0.4) is 0 Å². The van der Waals surface area contributed by atoms with E-state index in [1.165, 1.54) is 19.3 Å². The maximum atomic E-state index is 11.1. The highest BCUT2D eigenvalue weighted by atomic mass is 32.2. The van der Waals surface area contributed by atoms with Crippen LogP contribution in [0, 0.1) is 0 Å². The fourth-order valence-corrected chi connectivity index (χ4v) is 1.77. The van der Waals surface area contributed by atoms with Crippen LogP contribution in [0.5, 0.6) is 0 Å². The number of nitrogens with two attached hydrogens (primary N) is 1. The van der Waals surface area contributed by atoms with Crippen molar-refractivity contribution in [3.8, 4) is 0 Å². The molecule has 6 nitrogen and oxygen atoms in total. The molecule has 1 aromatic heterocycles. The molecule has 84 valence electrons. The summed E-state index contributed by atoms with van der Waals surface area (Å²) in [4.78, 5) is 11.1. The molecule has 7 heteroatoms. The third kappa shape index (κ3) is 2.80. The Hall–Kier alpha value is -1.34. The van der Waals surface area contributed by atoms with Crippen LogP contribution in [0.2, 0.25) is 0 Å². The number of carbonyl (C=O) groups excluding carboxylic acids is 1. The number of hydrogen-bond donors (Lipinski definition) is 2. The molecular formula is C8H13N3O3S. The Labute approximate surface area is 88.1 Å². The lowest BCUT2D eigenvalue weighted by Gasteiger charge is -2.00. The van der Waals surface area contributed by atoms with E-state index in [0.717, 1.165) is 0 Å². The molecule has 1 rings (SSSR count). The average molecular weight is 231 g/mol. The van der Waals surface area contributed by atoms with E-state index in [2.05, 4.69) is 5.32 Å². The topological polar surface area (TPSA) is 94.2 Å². The van der Waals surface area contributed by atoms with Crippen molar-refractivity contribution in [1.82, 2.24) is 9.88 Å². The first-order chi connectivity index (χ1) is 6.84. The molecule has 0 fully saturated rings. The third-order valence-corrected chi connectivity index (χ3v) is 2.91. The molecule has 1 heterocycles. The van der Waals surface area contributed by atoms with Crippen LogP contribution >= 0.6 is 0 Å². The van der Waals surface area contributed by atoms with Crippen LogP contribution in [0.25, 0.3) is 0 Å². The standard InChI is InChI=1S/C8H13N3O3S/c1-10-8(12)4-6-3-7(5-11(6)2)15(9,13)14/h3,5H,4H2,1-2H3,(H,10,12)(H2,9,13,14). The van der Waals surface area contributed by atoms with E-state index >= 15 is 0 Å². The number of primary sulfonamides is 1. The summed E-state index contributed by atoms with van der Waals surface area (Å²) in [6.07, 6.45) is 1.51. The minimum atomic E-state index is -3.70. The average Bonchev–Trinajstić information content (AvgIpc) is 2.47. The van der Waals surface area contributed by atoms with Gasteiger partial charge >= 0.3 is 0 Å². The second-order valence-corrected chi connectivity index (χ2v) is 4.73. The number of nitrogens with zero attached hydrogens (tertiary/aromatic N) is 1. The lowest BCUT2D eigenvalue weighted by Crippen LogP contribution is -2.21. The molecular weight excluding hydrogens is 218 g/mol. The lowest BCUT2D eigenvalue weighted by molar-refractivity contribution is -0.120. The SMILES string of the molecule is CNC(=O)Cc1cc(S(N)(=O)=O)cn1C. The molecule has 0 aromatic carbocycles. The van der Waals surface area contributed by atoms with Gasteiger partial charge in [-0.25, -0.2) is 13.6 Å². The summed E-state index contributed by atoms with van der Waals surface area (Å²) in [7, 11) is -0.520. The second kappa shape index (κ2) is 4.03. The number of sulfonamides is 1. The van der Waals surface area contributed by atoms with E-state index in [1.807, 2.05) is 0 Å². The summed E-state index contributed by atoms with van der Waals surface area (Å²) in [6.45, 7) is 0. The minimum absolute atomic E-state index is 0.0175. The van der Waals surface area contributed by atoms with E-state index in [9.17, 15) is 13.2 Å². The van der Waals surface area contributed by atoms with Gasteiger partial charge in [0.1, 0.15) is 0 Å². The van der Waals surface area contributed by atoms with Crippen molar-refractivity contribution in [2.75, 3.05) is 7.05 Å². The molecule has 3 N–H and O–H groups in total. The number of hydrogen-bond acceptors (Lipinski definition) is 3. The molecule has 0 bridgehead atoms. The zero-order chi connectivity index (χ0) is 11.6. The fraction of sp³-hybridized carbons (Fsp3) is 0.375. The van der Waals surface area contributed by atoms with Crippen molar-refractivity contribution in [3.63, 3.8) is 0 Å². The van der Waals surface area contributed by atoms with Crippen LogP contribution in [-0.2, 0) is 28.3 Å². The quantitative estimate of drug-likeness (QED) is 0.695. The second-order valence-electron chi connectivity index (χ2n) is 3.17. The van der Waals surface area contributed by atoms with Gasteiger partial charge in [0.05, 0.1) is 11.3 Å². The molecule has 1 aromatic rings. The zero-order valence-corrected chi connectivity index (χ0v) is 9.34. The first kappa shape index (κ1) is 11.7. The van der Waals surface area contributed by atoms with E-state index in [-0.39, 0.29) is 17.2 Å². The molecule has 0 saturated carbocycles. The smallest absolute Gasteiger partial charge is 0.239 e.